The molecule has 9 rings (SSSR count). The number of nitrogens with zero attached hydrogens (tertiary/aromatic N) is 2. The van der Waals surface area contributed by atoms with Crippen LogP contribution in [0.15, 0.2) is 174 Å². The van der Waals surface area contributed by atoms with Crippen LogP contribution in [-0.2, 0) is 0 Å². The van der Waals surface area contributed by atoms with Crippen LogP contribution in [0.4, 0.5) is 17.1 Å². The van der Waals surface area contributed by atoms with Gasteiger partial charge in [0.15, 0.2) is 0 Å². The highest BCUT2D eigenvalue weighted by molar-refractivity contribution is 6.20. The first kappa shape index (κ1) is 25.4. The Balaban J connectivity index is 1.43. The van der Waals surface area contributed by atoms with Gasteiger partial charge in [0, 0.05) is 50.2 Å². The van der Waals surface area contributed by atoms with Gasteiger partial charge in [-0.15, -0.1) is 0 Å². The maximum atomic E-state index is 6.42. The molecule has 9 aromatic rings. The quantitative estimate of drug-likeness (QED) is 0.203. The van der Waals surface area contributed by atoms with Crippen LogP contribution in [0.25, 0.3) is 60.6 Å². The summed E-state index contributed by atoms with van der Waals surface area (Å²) < 4.78 is 8.80. The van der Waals surface area contributed by atoms with Crippen molar-refractivity contribution in [2.45, 2.75) is 0 Å². The number of hydrogen-bond donors (Lipinski definition) is 0. The summed E-state index contributed by atoms with van der Waals surface area (Å²) in [6.45, 7) is 0. The van der Waals surface area contributed by atoms with Gasteiger partial charge in [-0.1, -0.05) is 109 Å². The lowest BCUT2D eigenvalue weighted by Crippen LogP contribution is -2.12. The lowest BCUT2D eigenvalue weighted by molar-refractivity contribution is 0.669. The van der Waals surface area contributed by atoms with Crippen molar-refractivity contribution in [3.63, 3.8) is 0 Å². The van der Waals surface area contributed by atoms with Crippen LogP contribution in [0.5, 0.6) is 0 Å². The smallest absolute Gasteiger partial charge is 0.137 e. The van der Waals surface area contributed by atoms with Crippen LogP contribution < -0.4 is 4.90 Å². The molecule has 0 aliphatic heterocycles. The molecule has 0 saturated heterocycles. The highest BCUT2D eigenvalue weighted by Crippen LogP contribution is 2.49. The van der Waals surface area contributed by atoms with Gasteiger partial charge in [-0.25, -0.2) is 0 Å². The van der Waals surface area contributed by atoms with Crippen molar-refractivity contribution >= 4 is 60.8 Å². The molecule has 0 spiro atoms. The van der Waals surface area contributed by atoms with Crippen molar-refractivity contribution in [2.24, 2.45) is 0 Å². The molecule has 0 unspecified atom stereocenters. The van der Waals surface area contributed by atoms with Gasteiger partial charge in [0.1, 0.15) is 11.2 Å². The molecule has 3 heteroatoms. The SMILES string of the molecule is c1ccc(-c2ccc3c(c2N(c2ccccc2)c2ccc4c(c2)oc2ccccc24)c2ccccc2n3-c2ccccc2)cc1. The van der Waals surface area contributed by atoms with Crippen molar-refractivity contribution < 1.29 is 4.42 Å². The predicted octanol–water partition coefficient (Wildman–Crippen LogP) is 11.8. The number of furan rings is 1. The van der Waals surface area contributed by atoms with Crippen LogP contribution in [-0.4, -0.2) is 4.57 Å². The average Bonchev–Trinajstić information content (AvgIpc) is 3.65. The number of fused-ring (bicyclic) bond motifs is 6. The van der Waals surface area contributed by atoms with Crippen LogP contribution in [0.2, 0.25) is 0 Å². The first-order valence-corrected chi connectivity index (χ1v) is 15.3. The van der Waals surface area contributed by atoms with E-state index in [-0.39, 0.29) is 0 Å². The van der Waals surface area contributed by atoms with E-state index in [1.807, 2.05) is 12.1 Å². The van der Waals surface area contributed by atoms with E-state index < -0.39 is 0 Å². The molecule has 3 nitrogen and oxygen atoms in total. The number of benzene rings is 7. The van der Waals surface area contributed by atoms with E-state index in [0.717, 1.165) is 61.3 Å². The Bertz CT molecular complexity index is 2470. The third kappa shape index (κ3) is 4.05. The summed E-state index contributed by atoms with van der Waals surface area (Å²) in [6, 6.07) is 60.2. The molecule has 0 saturated carbocycles. The molecule has 0 fully saturated rings. The summed E-state index contributed by atoms with van der Waals surface area (Å²) in [5.41, 5.74) is 10.8. The number of rotatable bonds is 5. The van der Waals surface area contributed by atoms with E-state index in [0.29, 0.717) is 0 Å². The lowest BCUT2D eigenvalue weighted by Gasteiger charge is -2.29. The second-order valence-corrected chi connectivity index (χ2v) is 11.4. The van der Waals surface area contributed by atoms with E-state index in [4.69, 9.17) is 4.42 Å². The molecule has 212 valence electrons. The zero-order valence-corrected chi connectivity index (χ0v) is 24.5. The summed E-state index contributed by atoms with van der Waals surface area (Å²) in [7, 11) is 0. The maximum absolute atomic E-state index is 6.42. The summed E-state index contributed by atoms with van der Waals surface area (Å²) in [5, 5.41) is 4.65. The maximum Gasteiger partial charge on any atom is 0.137 e. The van der Waals surface area contributed by atoms with E-state index in [1.54, 1.807) is 0 Å². The fourth-order valence-corrected chi connectivity index (χ4v) is 6.82. The Morgan fingerprint density at radius 1 is 0.444 bits per heavy atom. The summed E-state index contributed by atoms with van der Waals surface area (Å²) >= 11 is 0. The van der Waals surface area contributed by atoms with Gasteiger partial charge in [0.25, 0.3) is 0 Å². The molecule has 0 radical (unpaired) electrons. The van der Waals surface area contributed by atoms with Crippen LogP contribution in [0, 0.1) is 0 Å². The molecule has 2 heterocycles. The Morgan fingerprint density at radius 2 is 1.09 bits per heavy atom. The van der Waals surface area contributed by atoms with Crippen molar-refractivity contribution in [1.29, 1.82) is 0 Å². The number of anilines is 3. The van der Waals surface area contributed by atoms with Gasteiger partial charge < -0.3 is 13.9 Å². The predicted molar refractivity (Wildman–Crippen MR) is 188 cm³/mol. The molecule has 0 aliphatic carbocycles. The molecule has 7 aromatic carbocycles. The normalized spacial score (nSPS) is 11.6. The van der Waals surface area contributed by atoms with E-state index in [1.165, 1.54) is 16.3 Å². The van der Waals surface area contributed by atoms with Crippen molar-refractivity contribution in [3.8, 4) is 16.8 Å². The summed E-state index contributed by atoms with van der Waals surface area (Å²) in [6.07, 6.45) is 0. The van der Waals surface area contributed by atoms with Crippen LogP contribution in [0.3, 0.4) is 0 Å². The number of para-hydroxylation sites is 4. The van der Waals surface area contributed by atoms with Gasteiger partial charge in [-0.3, -0.25) is 0 Å². The van der Waals surface area contributed by atoms with E-state index in [2.05, 4.69) is 167 Å². The third-order valence-electron chi connectivity index (χ3n) is 8.77. The van der Waals surface area contributed by atoms with Crippen molar-refractivity contribution in [2.75, 3.05) is 4.90 Å². The highest BCUT2D eigenvalue weighted by Gasteiger charge is 2.25. The molecule has 0 atom stereocenters. The Hall–Kier alpha value is -6.06. The number of aromatic nitrogens is 1. The van der Waals surface area contributed by atoms with Crippen LogP contribution >= 0.6 is 0 Å². The fraction of sp³-hybridized carbons (Fsp3) is 0. The first-order valence-electron chi connectivity index (χ1n) is 15.3. The molecule has 45 heavy (non-hydrogen) atoms. The summed E-state index contributed by atoms with van der Waals surface area (Å²) in [4.78, 5) is 2.40. The molecule has 0 N–H and O–H groups in total. The molecular weight excluding hydrogens is 548 g/mol. The molecule has 0 amide bonds. The standard InChI is InChI=1S/C42H28N2O/c1-4-14-29(15-5-1)33-26-27-38-41(36-21-10-12-22-37(36)44(38)31-18-8-3-9-19-31)42(33)43(30-16-6-2-7-17-30)32-24-25-35-34-20-11-13-23-39(34)45-40(35)28-32/h1-28H. The largest absolute Gasteiger partial charge is 0.456 e. The Labute approximate surface area is 260 Å². The van der Waals surface area contributed by atoms with Gasteiger partial charge in [0.2, 0.25) is 0 Å². The minimum Gasteiger partial charge on any atom is -0.456 e. The van der Waals surface area contributed by atoms with Crippen molar-refractivity contribution in [3.05, 3.63) is 170 Å². The van der Waals surface area contributed by atoms with E-state index in [9.17, 15) is 0 Å². The molecule has 0 bridgehead atoms. The van der Waals surface area contributed by atoms with Gasteiger partial charge in [0.05, 0.1) is 16.7 Å². The summed E-state index contributed by atoms with van der Waals surface area (Å²) in [5.74, 6) is 0. The average molecular weight is 577 g/mol. The van der Waals surface area contributed by atoms with E-state index >= 15 is 0 Å². The zero-order chi connectivity index (χ0) is 29.7. The van der Waals surface area contributed by atoms with Crippen LogP contribution in [0.1, 0.15) is 0 Å². The van der Waals surface area contributed by atoms with Gasteiger partial charge >= 0.3 is 0 Å². The molecular formula is C42H28N2O. The number of hydrogen-bond acceptors (Lipinski definition) is 2. The topological polar surface area (TPSA) is 21.3 Å². The lowest BCUT2D eigenvalue weighted by atomic mass is 9.97. The Morgan fingerprint density at radius 3 is 1.89 bits per heavy atom. The Kier molecular flexibility index (Phi) is 5.82. The highest BCUT2D eigenvalue weighted by atomic mass is 16.3. The second kappa shape index (κ2) is 10.3. The fourth-order valence-electron chi connectivity index (χ4n) is 6.82. The monoisotopic (exact) mass is 576 g/mol. The van der Waals surface area contributed by atoms with Gasteiger partial charge in [-0.05, 0) is 60.2 Å². The zero-order valence-electron chi connectivity index (χ0n) is 24.5. The minimum absolute atomic E-state index is 0.870. The second-order valence-electron chi connectivity index (χ2n) is 11.4. The minimum atomic E-state index is 0.870. The molecule has 0 aliphatic rings. The first-order chi connectivity index (χ1) is 22.3. The molecule has 2 aromatic heterocycles. The van der Waals surface area contributed by atoms with Gasteiger partial charge in [-0.2, -0.15) is 0 Å². The van der Waals surface area contributed by atoms with Crippen molar-refractivity contribution in [1.82, 2.24) is 4.57 Å². The third-order valence-corrected chi connectivity index (χ3v) is 8.77.